The summed E-state index contributed by atoms with van der Waals surface area (Å²) in [5.41, 5.74) is 1.89. The van der Waals surface area contributed by atoms with Crippen LogP contribution in [0.2, 0.25) is 0 Å². The van der Waals surface area contributed by atoms with Gasteiger partial charge in [0, 0.05) is 24.6 Å². The van der Waals surface area contributed by atoms with Gasteiger partial charge in [0.15, 0.2) is 5.82 Å². The third-order valence-corrected chi connectivity index (χ3v) is 4.62. The number of anilines is 1. The molecule has 2 aromatic carbocycles. The number of carbonyl (C=O) groups is 1. The fraction of sp³-hybridized carbons (Fsp3) is 0.250. The van der Waals surface area contributed by atoms with E-state index in [1.165, 1.54) is 18.2 Å². The molecule has 0 unspecified atom stereocenters. The van der Waals surface area contributed by atoms with E-state index in [4.69, 9.17) is 4.52 Å². The molecule has 6 nitrogen and oxygen atoms in total. The number of aromatic nitrogens is 2. The maximum Gasteiger partial charge on any atom is 0.573 e. The highest BCUT2D eigenvalue weighted by atomic mass is 19.4. The predicted molar refractivity (Wildman–Crippen MR) is 97.3 cm³/mol. The lowest BCUT2D eigenvalue weighted by atomic mass is 10.1. The van der Waals surface area contributed by atoms with Crippen molar-refractivity contribution in [3.05, 3.63) is 59.9 Å². The number of ether oxygens (including phenoxy) is 1. The molecule has 0 spiro atoms. The Morgan fingerprint density at radius 2 is 1.86 bits per heavy atom. The SMILES string of the molecule is Cc1ccc(N2C[C@@H](c3noc(-c4ccccc4OC(F)(F)F)n3)CC2=O)cc1. The molecule has 4 rings (SSSR count). The Morgan fingerprint density at radius 1 is 1.14 bits per heavy atom. The summed E-state index contributed by atoms with van der Waals surface area (Å²) in [5, 5.41) is 3.89. The molecule has 1 atom stereocenters. The van der Waals surface area contributed by atoms with Gasteiger partial charge in [0.25, 0.3) is 5.89 Å². The first kappa shape index (κ1) is 19.0. The fourth-order valence-electron chi connectivity index (χ4n) is 3.22. The van der Waals surface area contributed by atoms with Gasteiger partial charge in [-0.3, -0.25) is 4.79 Å². The normalized spacial score (nSPS) is 17.0. The molecule has 0 bridgehead atoms. The molecule has 29 heavy (non-hydrogen) atoms. The van der Waals surface area contributed by atoms with Gasteiger partial charge in [0.2, 0.25) is 5.91 Å². The summed E-state index contributed by atoms with van der Waals surface area (Å²) >= 11 is 0. The van der Waals surface area contributed by atoms with Crippen molar-refractivity contribution in [3.8, 4) is 17.2 Å². The van der Waals surface area contributed by atoms with Crippen molar-refractivity contribution in [1.29, 1.82) is 0 Å². The van der Waals surface area contributed by atoms with Crippen LogP contribution in [0, 0.1) is 6.92 Å². The van der Waals surface area contributed by atoms with Crippen molar-refractivity contribution in [1.82, 2.24) is 10.1 Å². The molecule has 9 heteroatoms. The number of hydrogen-bond acceptors (Lipinski definition) is 5. The van der Waals surface area contributed by atoms with Gasteiger partial charge < -0.3 is 14.2 Å². The molecular formula is C20H16F3N3O3. The molecule has 1 aromatic heterocycles. The largest absolute Gasteiger partial charge is 0.573 e. The minimum atomic E-state index is -4.84. The Kier molecular flexibility index (Phi) is 4.73. The molecule has 1 aliphatic heterocycles. The number of amides is 1. The number of para-hydroxylation sites is 1. The lowest BCUT2D eigenvalue weighted by molar-refractivity contribution is -0.274. The fourth-order valence-corrected chi connectivity index (χ4v) is 3.22. The van der Waals surface area contributed by atoms with E-state index in [1.807, 2.05) is 31.2 Å². The van der Waals surface area contributed by atoms with E-state index in [0.717, 1.165) is 11.3 Å². The van der Waals surface area contributed by atoms with Gasteiger partial charge >= 0.3 is 6.36 Å². The van der Waals surface area contributed by atoms with Gasteiger partial charge in [-0.1, -0.05) is 35.0 Å². The molecule has 150 valence electrons. The Labute approximate surface area is 163 Å². The summed E-state index contributed by atoms with van der Waals surface area (Å²) in [6.07, 6.45) is -4.65. The molecular weight excluding hydrogens is 387 g/mol. The molecule has 2 heterocycles. The van der Waals surface area contributed by atoms with Crippen molar-refractivity contribution >= 4 is 11.6 Å². The van der Waals surface area contributed by atoms with E-state index < -0.39 is 12.1 Å². The lowest BCUT2D eigenvalue weighted by Gasteiger charge is -2.16. The third-order valence-electron chi connectivity index (χ3n) is 4.62. The van der Waals surface area contributed by atoms with Crippen LogP contribution in [0.25, 0.3) is 11.5 Å². The third kappa shape index (κ3) is 4.08. The van der Waals surface area contributed by atoms with Crippen LogP contribution in [0.15, 0.2) is 53.1 Å². The highest BCUT2D eigenvalue weighted by Gasteiger charge is 2.36. The molecule has 1 amide bonds. The van der Waals surface area contributed by atoms with Gasteiger partial charge in [-0.25, -0.2) is 0 Å². The van der Waals surface area contributed by atoms with Crippen LogP contribution < -0.4 is 9.64 Å². The van der Waals surface area contributed by atoms with Crippen LogP contribution in [0.4, 0.5) is 18.9 Å². The van der Waals surface area contributed by atoms with E-state index in [9.17, 15) is 18.0 Å². The number of aryl methyl sites for hydroxylation is 1. The number of rotatable bonds is 4. The standard InChI is InChI=1S/C20H16F3N3O3/c1-12-6-8-14(9-7-12)26-11-13(10-17(26)27)18-24-19(29-25-18)15-4-2-3-5-16(15)28-20(21,22)23/h2-9,13H,10-11H2,1H3/t13-/m0/s1. The topological polar surface area (TPSA) is 68.5 Å². The molecule has 1 aliphatic rings. The zero-order valence-electron chi connectivity index (χ0n) is 15.3. The van der Waals surface area contributed by atoms with Gasteiger partial charge in [0.1, 0.15) is 5.75 Å². The molecule has 0 aliphatic carbocycles. The summed E-state index contributed by atoms with van der Waals surface area (Å²) in [6.45, 7) is 2.32. The van der Waals surface area contributed by atoms with E-state index in [2.05, 4.69) is 14.9 Å². The van der Waals surface area contributed by atoms with E-state index in [1.54, 1.807) is 11.0 Å². The summed E-state index contributed by atoms with van der Waals surface area (Å²) < 4.78 is 47.1. The van der Waals surface area contributed by atoms with E-state index >= 15 is 0 Å². The quantitative estimate of drug-likeness (QED) is 0.643. The Bertz CT molecular complexity index is 1030. The maximum atomic E-state index is 12.6. The first-order valence-electron chi connectivity index (χ1n) is 8.86. The second kappa shape index (κ2) is 7.23. The zero-order chi connectivity index (χ0) is 20.6. The molecule has 0 saturated carbocycles. The van der Waals surface area contributed by atoms with Crippen molar-refractivity contribution in [2.45, 2.75) is 25.6 Å². The van der Waals surface area contributed by atoms with Crippen molar-refractivity contribution in [2.24, 2.45) is 0 Å². The number of benzene rings is 2. The second-order valence-corrected chi connectivity index (χ2v) is 6.74. The number of carbonyl (C=O) groups excluding carboxylic acids is 1. The summed E-state index contributed by atoms with van der Waals surface area (Å²) in [6, 6.07) is 13.1. The first-order chi connectivity index (χ1) is 13.8. The Hall–Kier alpha value is -3.36. The van der Waals surface area contributed by atoms with Crippen LogP contribution in [0.5, 0.6) is 5.75 Å². The lowest BCUT2D eigenvalue weighted by Crippen LogP contribution is -2.24. The minimum Gasteiger partial charge on any atom is -0.405 e. The Balaban J connectivity index is 1.56. The Morgan fingerprint density at radius 3 is 2.59 bits per heavy atom. The smallest absolute Gasteiger partial charge is 0.405 e. The molecule has 3 aromatic rings. The minimum absolute atomic E-state index is 0.0308. The van der Waals surface area contributed by atoms with Crippen LogP contribution in [-0.4, -0.2) is 29.0 Å². The molecule has 0 radical (unpaired) electrons. The van der Waals surface area contributed by atoms with Crippen LogP contribution >= 0.6 is 0 Å². The number of nitrogens with zero attached hydrogens (tertiary/aromatic N) is 3. The van der Waals surface area contributed by atoms with E-state index in [0.29, 0.717) is 6.54 Å². The highest BCUT2D eigenvalue weighted by Crippen LogP contribution is 2.35. The van der Waals surface area contributed by atoms with Crippen molar-refractivity contribution < 1.29 is 27.2 Å². The average molecular weight is 403 g/mol. The summed E-state index contributed by atoms with van der Waals surface area (Å²) in [5.74, 6) is -0.659. The van der Waals surface area contributed by atoms with Crippen LogP contribution in [-0.2, 0) is 4.79 Å². The first-order valence-corrected chi connectivity index (χ1v) is 8.86. The highest BCUT2D eigenvalue weighted by molar-refractivity contribution is 5.96. The van der Waals surface area contributed by atoms with Gasteiger partial charge in [-0.05, 0) is 31.2 Å². The monoisotopic (exact) mass is 403 g/mol. The molecule has 1 fully saturated rings. The predicted octanol–water partition coefficient (Wildman–Crippen LogP) is 4.46. The molecule has 1 saturated heterocycles. The van der Waals surface area contributed by atoms with E-state index in [-0.39, 0.29) is 35.5 Å². The van der Waals surface area contributed by atoms with Crippen LogP contribution in [0.1, 0.15) is 23.7 Å². The number of alkyl halides is 3. The van der Waals surface area contributed by atoms with Gasteiger partial charge in [-0.15, -0.1) is 13.2 Å². The van der Waals surface area contributed by atoms with Gasteiger partial charge in [-0.2, -0.15) is 4.98 Å². The van der Waals surface area contributed by atoms with Gasteiger partial charge in [0.05, 0.1) is 5.56 Å². The summed E-state index contributed by atoms with van der Waals surface area (Å²) in [7, 11) is 0. The summed E-state index contributed by atoms with van der Waals surface area (Å²) in [4.78, 5) is 18.3. The molecule has 0 N–H and O–H groups in total. The average Bonchev–Trinajstić information content (AvgIpc) is 3.28. The van der Waals surface area contributed by atoms with Crippen molar-refractivity contribution in [3.63, 3.8) is 0 Å². The van der Waals surface area contributed by atoms with Crippen LogP contribution in [0.3, 0.4) is 0 Å². The second-order valence-electron chi connectivity index (χ2n) is 6.74. The van der Waals surface area contributed by atoms with Crippen molar-refractivity contribution in [2.75, 3.05) is 11.4 Å². The number of hydrogen-bond donors (Lipinski definition) is 0. The zero-order valence-corrected chi connectivity index (χ0v) is 15.3. The number of halogens is 3. The maximum absolute atomic E-state index is 12.6.